The highest BCUT2D eigenvalue weighted by atomic mass is 16.2. The summed E-state index contributed by atoms with van der Waals surface area (Å²) in [5.74, 6) is 0.304. The first-order chi connectivity index (χ1) is 14.5. The van der Waals surface area contributed by atoms with Crippen molar-refractivity contribution in [3.63, 3.8) is 0 Å². The molecule has 1 aliphatic carbocycles. The monoisotopic (exact) mass is 405 g/mol. The van der Waals surface area contributed by atoms with E-state index in [9.17, 15) is 9.59 Å². The second-order valence-electron chi connectivity index (χ2n) is 7.96. The van der Waals surface area contributed by atoms with Crippen LogP contribution in [0.2, 0.25) is 0 Å². The number of rotatable bonds is 7. The normalized spacial score (nSPS) is 13.4. The van der Waals surface area contributed by atoms with Crippen LogP contribution >= 0.6 is 0 Å². The van der Waals surface area contributed by atoms with Crippen molar-refractivity contribution in [2.75, 3.05) is 5.32 Å². The molecule has 7 heteroatoms. The van der Waals surface area contributed by atoms with E-state index in [0.29, 0.717) is 24.4 Å². The molecule has 2 amide bonds. The molecule has 156 valence electrons. The molecule has 1 aliphatic rings. The van der Waals surface area contributed by atoms with Gasteiger partial charge in [0.15, 0.2) is 5.65 Å². The van der Waals surface area contributed by atoms with Gasteiger partial charge in [-0.25, -0.2) is 4.98 Å². The maximum absolute atomic E-state index is 13.1. The number of anilines is 1. The van der Waals surface area contributed by atoms with Crippen LogP contribution < -0.4 is 10.6 Å². The van der Waals surface area contributed by atoms with Crippen LogP contribution in [0, 0.1) is 6.92 Å². The van der Waals surface area contributed by atoms with Crippen molar-refractivity contribution in [1.29, 1.82) is 0 Å². The van der Waals surface area contributed by atoms with Gasteiger partial charge in [-0.15, -0.1) is 0 Å². The van der Waals surface area contributed by atoms with Gasteiger partial charge >= 0.3 is 0 Å². The van der Waals surface area contributed by atoms with Gasteiger partial charge in [0.25, 0.3) is 5.91 Å². The largest absolute Gasteiger partial charge is 0.348 e. The molecule has 4 rings (SSSR count). The van der Waals surface area contributed by atoms with Gasteiger partial charge in [-0.3, -0.25) is 14.3 Å². The van der Waals surface area contributed by atoms with Gasteiger partial charge in [-0.05, 0) is 49.9 Å². The van der Waals surface area contributed by atoms with Crippen molar-refractivity contribution in [2.45, 2.75) is 52.0 Å². The Hall–Kier alpha value is -3.22. The summed E-state index contributed by atoms with van der Waals surface area (Å²) in [6, 6.07) is 9.48. The van der Waals surface area contributed by atoms with Crippen LogP contribution in [0.25, 0.3) is 11.0 Å². The van der Waals surface area contributed by atoms with E-state index in [2.05, 4.69) is 15.7 Å². The Morgan fingerprint density at radius 3 is 2.77 bits per heavy atom. The third-order valence-corrected chi connectivity index (χ3v) is 5.37. The highest BCUT2D eigenvalue weighted by Crippen LogP contribution is 2.40. The molecule has 7 nitrogen and oxygen atoms in total. The van der Waals surface area contributed by atoms with Gasteiger partial charge in [0.1, 0.15) is 0 Å². The Kier molecular flexibility index (Phi) is 5.53. The number of carbonyl (C=O) groups is 2. The molecule has 1 fully saturated rings. The van der Waals surface area contributed by atoms with E-state index in [1.54, 1.807) is 4.68 Å². The van der Waals surface area contributed by atoms with Crippen LogP contribution in [0.15, 0.2) is 30.3 Å². The lowest BCUT2D eigenvalue weighted by molar-refractivity contribution is -0.116. The SMILES string of the molecule is CCCC(=O)Nc1cccc(CNC(=O)c2cc(C3CC3)nc3c2c(C)nn3C)c1. The Morgan fingerprint density at radius 2 is 2.03 bits per heavy atom. The highest BCUT2D eigenvalue weighted by Gasteiger charge is 2.28. The fourth-order valence-electron chi connectivity index (χ4n) is 3.72. The summed E-state index contributed by atoms with van der Waals surface area (Å²) < 4.78 is 1.75. The van der Waals surface area contributed by atoms with E-state index >= 15 is 0 Å². The Bertz CT molecular complexity index is 1110. The van der Waals surface area contributed by atoms with E-state index in [1.807, 2.05) is 51.2 Å². The van der Waals surface area contributed by atoms with E-state index in [4.69, 9.17) is 4.98 Å². The van der Waals surface area contributed by atoms with Crippen LogP contribution in [0.1, 0.15) is 65.8 Å². The number of hydrogen-bond donors (Lipinski definition) is 2. The molecule has 30 heavy (non-hydrogen) atoms. The molecule has 0 bridgehead atoms. The van der Waals surface area contributed by atoms with Gasteiger partial charge in [0.2, 0.25) is 5.91 Å². The predicted octanol–water partition coefficient (Wildman–Crippen LogP) is 3.82. The molecule has 0 unspecified atom stereocenters. The molecule has 1 aromatic carbocycles. The first kappa shape index (κ1) is 20.1. The third kappa shape index (κ3) is 4.20. The number of nitrogens with zero attached hydrogens (tertiary/aromatic N) is 3. The fourth-order valence-corrected chi connectivity index (χ4v) is 3.72. The van der Waals surface area contributed by atoms with Crippen molar-refractivity contribution >= 4 is 28.5 Å². The Labute approximate surface area is 175 Å². The van der Waals surface area contributed by atoms with Crippen LogP contribution in [0.4, 0.5) is 5.69 Å². The first-order valence-electron chi connectivity index (χ1n) is 10.5. The number of aromatic nitrogens is 3. The second kappa shape index (κ2) is 8.26. The lowest BCUT2D eigenvalue weighted by atomic mass is 10.1. The molecule has 0 saturated heterocycles. The number of pyridine rings is 1. The minimum atomic E-state index is -0.138. The van der Waals surface area contributed by atoms with Gasteiger partial charge in [-0.1, -0.05) is 19.1 Å². The minimum Gasteiger partial charge on any atom is -0.348 e. The minimum absolute atomic E-state index is 0.00229. The molecular weight excluding hydrogens is 378 g/mol. The lowest BCUT2D eigenvalue weighted by Gasteiger charge is -2.10. The molecule has 2 N–H and O–H groups in total. The summed E-state index contributed by atoms with van der Waals surface area (Å²) in [4.78, 5) is 29.7. The molecule has 0 radical (unpaired) electrons. The van der Waals surface area contributed by atoms with E-state index < -0.39 is 0 Å². The third-order valence-electron chi connectivity index (χ3n) is 5.37. The molecule has 2 aromatic heterocycles. The summed E-state index contributed by atoms with van der Waals surface area (Å²) in [7, 11) is 1.86. The quantitative estimate of drug-likeness (QED) is 0.625. The maximum Gasteiger partial charge on any atom is 0.252 e. The van der Waals surface area contributed by atoms with Crippen molar-refractivity contribution in [1.82, 2.24) is 20.1 Å². The molecule has 0 spiro atoms. The summed E-state index contributed by atoms with van der Waals surface area (Å²) in [5, 5.41) is 11.2. The summed E-state index contributed by atoms with van der Waals surface area (Å²) in [6.45, 7) is 4.25. The summed E-state index contributed by atoms with van der Waals surface area (Å²) in [5.41, 5.74) is 4.81. The predicted molar refractivity (Wildman–Crippen MR) is 116 cm³/mol. The Morgan fingerprint density at radius 1 is 1.23 bits per heavy atom. The first-order valence-corrected chi connectivity index (χ1v) is 10.5. The van der Waals surface area contributed by atoms with E-state index in [1.165, 1.54) is 0 Å². The van der Waals surface area contributed by atoms with Gasteiger partial charge < -0.3 is 10.6 Å². The fraction of sp³-hybridized carbons (Fsp3) is 0.391. The zero-order valence-corrected chi connectivity index (χ0v) is 17.7. The number of aryl methyl sites for hydroxylation is 2. The molecule has 0 atom stereocenters. The molecule has 3 aromatic rings. The average Bonchev–Trinajstić information content (AvgIpc) is 3.52. The molecule has 1 saturated carbocycles. The number of hydrogen-bond acceptors (Lipinski definition) is 4. The maximum atomic E-state index is 13.1. The zero-order valence-electron chi connectivity index (χ0n) is 17.7. The number of fused-ring (bicyclic) bond motifs is 1. The van der Waals surface area contributed by atoms with Crippen molar-refractivity contribution in [3.8, 4) is 0 Å². The van der Waals surface area contributed by atoms with E-state index in [0.717, 1.165) is 52.9 Å². The van der Waals surface area contributed by atoms with Crippen molar-refractivity contribution in [2.24, 2.45) is 7.05 Å². The van der Waals surface area contributed by atoms with E-state index in [-0.39, 0.29) is 11.8 Å². The Balaban J connectivity index is 1.53. The van der Waals surface area contributed by atoms with Crippen LogP contribution in [-0.2, 0) is 18.4 Å². The summed E-state index contributed by atoms with van der Waals surface area (Å²) >= 11 is 0. The number of carbonyl (C=O) groups excluding carboxylic acids is 2. The molecular formula is C23H27N5O2. The molecule has 2 heterocycles. The van der Waals surface area contributed by atoms with Crippen LogP contribution in [-0.4, -0.2) is 26.6 Å². The van der Waals surface area contributed by atoms with Gasteiger partial charge in [-0.2, -0.15) is 5.10 Å². The topological polar surface area (TPSA) is 88.9 Å². The smallest absolute Gasteiger partial charge is 0.252 e. The van der Waals surface area contributed by atoms with Gasteiger partial charge in [0, 0.05) is 37.3 Å². The lowest BCUT2D eigenvalue weighted by Crippen LogP contribution is -2.23. The number of benzene rings is 1. The number of nitrogens with one attached hydrogen (secondary N) is 2. The zero-order chi connectivity index (χ0) is 21.3. The molecule has 0 aliphatic heterocycles. The highest BCUT2D eigenvalue weighted by molar-refractivity contribution is 6.06. The summed E-state index contributed by atoms with van der Waals surface area (Å²) in [6.07, 6.45) is 3.53. The second-order valence-corrected chi connectivity index (χ2v) is 7.96. The standard InChI is InChI=1S/C23H27N5O2/c1-4-6-20(29)25-17-8-5-7-15(11-17)13-24-23(30)18-12-19(16-9-10-16)26-22-21(18)14(2)27-28(22)3/h5,7-8,11-12,16H,4,6,9-10,13H2,1-3H3,(H,24,30)(H,25,29). The average molecular weight is 406 g/mol. The van der Waals surface area contributed by atoms with Gasteiger partial charge in [0.05, 0.1) is 16.6 Å². The van der Waals surface area contributed by atoms with Crippen LogP contribution in [0.5, 0.6) is 0 Å². The van der Waals surface area contributed by atoms with Crippen molar-refractivity contribution in [3.05, 3.63) is 52.8 Å². The van der Waals surface area contributed by atoms with Crippen LogP contribution in [0.3, 0.4) is 0 Å². The number of amides is 2. The van der Waals surface area contributed by atoms with Crippen molar-refractivity contribution < 1.29 is 9.59 Å².